The van der Waals surface area contributed by atoms with Gasteiger partial charge >= 0.3 is 0 Å². The van der Waals surface area contributed by atoms with Crippen molar-refractivity contribution in [2.24, 2.45) is 0 Å². The number of rotatable bonds is 3. The predicted octanol–water partition coefficient (Wildman–Crippen LogP) is 4.14. The molecule has 3 nitrogen and oxygen atoms in total. The lowest BCUT2D eigenvalue weighted by atomic mass is 10.0. The Hall–Kier alpha value is -2.55. The fourth-order valence-corrected chi connectivity index (χ4v) is 2.92. The summed E-state index contributed by atoms with van der Waals surface area (Å²) >= 11 is 0. The summed E-state index contributed by atoms with van der Waals surface area (Å²) in [5, 5.41) is 0. The Bertz CT molecular complexity index is 794. The summed E-state index contributed by atoms with van der Waals surface area (Å²) in [6.45, 7) is 4.12. The number of ketones is 1. The molecule has 0 heterocycles. The van der Waals surface area contributed by atoms with E-state index < -0.39 is 0 Å². The molecule has 3 heteroatoms. The third kappa shape index (κ3) is 2.87. The smallest absolute Gasteiger partial charge is 0.189 e. The highest BCUT2D eigenvalue weighted by Crippen LogP contribution is 2.31. The van der Waals surface area contributed by atoms with Crippen LogP contribution in [0.25, 0.3) is 6.08 Å². The van der Waals surface area contributed by atoms with Crippen LogP contribution >= 0.6 is 0 Å². The number of methoxy groups -OCH3 is 2. The van der Waals surface area contributed by atoms with Gasteiger partial charge in [0, 0.05) is 23.6 Å². The highest BCUT2D eigenvalue weighted by atomic mass is 16.5. The SMILES string of the molecule is COc1cc(C=C2Cc3cc(C)c(C)cc3C2=O)cc(OC)c1. The second-order valence-corrected chi connectivity index (χ2v) is 5.92. The minimum Gasteiger partial charge on any atom is -0.497 e. The highest BCUT2D eigenvalue weighted by molar-refractivity contribution is 6.15. The first kappa shape index (κ1) is 15.3. The maximum Gasteiger partial charge on any atom is 0.189 e. The van der Waals surface area contributed by atoms with Crippen molar-refractivity contribution in [3.63, 3.8) is 0 Å². The van der Waals surface area contributed by atoms with Gasteiger partial charge in [-0.05, 0) is 60.4 Å². The largest absolute Gasteiger partial charge is 0.497 e. The molecule has 0 fully saturated rings. The third-order valence-electron chi connectivity index (χ3n) is 4.35. The van der Waals surface area contributed by atoms with Gasteiger partial charge < -0.3 is 9.47 Å². The molecule has 0 aromatic heterocycles. The van der Waals surface area contributed by atoms with Crippen molar-refractivity contribution in [2.45, 2.75) is 20.3 Å². The lowest BCUT2D eigenvalue weighted by Crippen LogP contribution is -1.96. The molecule has 0 aliphatic heterocycles. The van der Waals surface area contributed by atoms with Gasteiger partial charge in [-0.25, -0.2) is 0 Å². The fourth-order valence-electron chi connectivity index (χ4n) is 2.92. The van der Waals surface area contributed by atoms with Crippen LogP contribution in [0.4, 0.5) is 0 Å². The molecule has 0 spiro atoms. The van der Waals surface area contributed by atoms with E-state index in [9.17, 15) is 4.79 Å². The van der Waals surface area contributed by atoms with Crippen LogP contribution < -0.4 is 9.47 Å². The third-order valence-corrected chi connectivity index (χ3v) is 4.35. The molecule has 3 rings (SSSR count). The van der Waals surface area contributed by atoms with Gasteiger partial charge in [0.15, 0.2) is 5.78 Å². The van der Waals surface area contributed by atoms with Gasteiger partial charge in [0.1, 0.15) is 11.5 Å². The van der Waals surface area contributed by atoms with Crippen LogP contribution in [-0.4, -0.2) is 20.0 Å². The number of carbonyl (C=O) groups excluding carboxylic acids is 1. The molecule has 2 aromatic rings. The number of allylic oxidation sites excluding steroid dienone is 1. The summed E-state index contributed by atoms with van der Waals surface area (Å²) in [7, 11) is 3.24. The Morgan fingerprint density at radius 2 is 1.52 bits per heavy atom. The summed E-state index contributed by atoms with van der Waals surface area (Å²) in [5.41, 5.74) is 6.03. The maximum atomic E-state index is 12.6. The number of aryl methyl sites for hydroxylation is 2. The van der Waals surface area contributed by atoms with Gasteiger partial charge in [0.25, 0.3) is 0 Å². The van der Waals surface area contributed by atoms with Gasteiger partial charge in [-0.2, -0.15) is 0 Å². The first-order valence-electron chi connectivity index (χ1n) is 7.60. The summed E-state index contributed by atoms with van der Waals surface area (Å²) in [5.74, 6) is 1.54. The van der Waals surface area contributed by atoms with Crippen LogP contribution in [0, 0.1) is 13.8 Å². The van der Waals surface area contributed by atoms with E-state index in [4.69, 9.17) is 9.47 Å². The summed E-state index contributed by atoms with van der Waals surface area (Å²) in [6, 6.07) is 9.75. The standard InChI is InChI=1S/C20H20O3/c1-12-5-15-10-16(20(21)19(15)6-13(12)2)7-14-8-17(22-3)11-18(9-14)23-4/h5-9,11H,10H2,1-4H3. The monoisotopic (exact) mass is 308 g/mol. The van der Waals surface area contributed by atoms with Crippen molar-refractivity contribution in [1.29, 1.82) is 0 Å². The molecular formula is C20H20O3. The van der Waals surface area contributed by atoms with Gasteiger partial charge in [-0.1, -0.05) is 6.07 Å². The molecule has 2 aromatic carbocycles. The van der Waals surface area contributed by atoms with Crippen LogP contribution in [-0.2, 0) is 6.42 Å². The lowest BCUT2D eigenvalue weighted by molar-refractivity contribution is 0.104. The Kier molecular flexibility index (Phi) is 3.95. The second kappa shape index (κ2) is 5.92. The molecular weight excluding hydrogens is 288 g/mol. The number of ether oxygens (including phenoxy) is 2. The molecule has 0 radical (unpaired) electrons. The topological polar surface area (TPSA) is 35.5 Å². The first-order valence-corrected chi connectivity index (χ1v) is 7.60. The van der Waals surface area contributed by atoms with E-state index in [0.29, 0.717) is 17.9 Å². The number of hydrogen-bond donors (Lipinski definition) is 0. The Labute approximate surface area is 136 Å². The normalized spacial score (nSPS) is 15.0. The van der Waals surface area contributed by atoms with Crippen molar-refractivity contribution in [2.75, 3.05) is 14.2 Å². The number of carbonyl (C=O) groups is 1. The quantitative estimate of drug-likeness (QED) is 0.799. The lowest BCUT2D eigenvalue weighted by Gasteiger charge is -2.06. The maximum absolute atomic E-state index is 12.6. The van der Waals surface area contributed by atoms with Gasteiger partial charge in [0.2, 0.25) is 0 Å². The minimum absolute atomic E-state index is 0.116. The first-order chi connectivity index (χ1) is 11.0. The van der Waals surface area contributed by atoms with E-state index in [0.717, 1.165) is 27.8 Å². The zero-order valence-corrected chi connectivity index (χ0v) is 13.9. The van der Waals surface area contributed by atoms with Gasteiger partial charge in [0.05, 0.1) is 14.2 Å². The van der Waals surface area contributed by atoms with E-state index in [1.54, 1.807) is 14.2 Å². The van der Waals surface area contributed by atoms with Crippen molar-refractivity contribution < 1.29 is 14.3 Å². The van der Waals surface area contributed by atoms with E-state index >= 15 is 0 Å². The second-order valence-electron chi connectivity index (χ2n) is 5.92. The molecule has 0 amide bonds. The molecule has 1 aliphatic rings. The molecule has 118 valence electrons. The van der Waals surface area contributed by atoms with E-state index in [2.05, 4.69) is 13.0 Å². The molecule has 0 atom stereocenters. The summed E-state index contributed by atoms with van der Waals surface area (Å²) < 4.78 is 10.6. The number of benzene rings is 2. The zero-order valence-electron chi connectivity index (χ0n) is 13.9. The van der Waals surface area contributed by atoms with Crippen LogP contribution in [0.15, 0.2) is 35.9 Å². The van der Waals surface area contributed by atoms with Crippen LogP contribution in [0.3, 0.4) is 0 Å². The average molecular weight is 308 g/mol. The van der Waals surface area contributed by atoms with Crippen LogP contribution in [0.1, 0.15) is 32.6 Å². The van der Waals surface area contributed by atoms with Gasteiger partial charge in [-0.15, -0.1) is 0 Å². The Morgan fingerprint density at radius 3 is 2.13 bits per heavy atom. The van der Waals surface area contributed by atoms with Gasteiger partial charge in [-0.3, -0.25) is 4.79 Å². The van der Waals surface area contributed by atoms with Crippen molar-refractivity contribution >= 4 is 11.9 Å². The van der Waals surface area contributed by atoms with Crippen molar-refractivity contribution in [3.05, 3.63) is 63.7 Å². The molecule has 0 N–H and O–H groups in total. The molecule has 0 saturated heterocycles. The minimum atomic E-state index is 0.116. The van der Waals surface area contributed by atoms with E-state index in [1.165, 1.54) is 5.56 Å². The molecule has 0 saturated carbocycles. The Balaban J connectivity index is 2.00. The van der Waals surface area contributed by atoms with Crippen LogP contribution in [0.2, 0.25) is 0 Å². The average Bonchev–Trinajstić information content (AvgIpc) is 2.83. The van der Waals surface area contributed by atoms with Crippen molar-refractivity contribution in [3.8, 4) is 11.5 Å². The fraction of sp³-hybridized carbons (Fsp3) is 0.250. The number of Topliss-reactive ketones (excluding diaryl/α,β-unsaturated/α-hetero) is 1. The highest BCUT2D eigenvalue weighted by Gasteiger charge is 2.25. The molecule has 0 unspecified atom stereocenters. The molecule has 23 heavy (non-hydrogen) atoms. The molecule has 1 aliphatic carbocycles. The Morgan fingerprint density at radius 1 is 0.913 bits per heavy atom. The van der Waals surface area contributed by atoms with E-state index in [-0.39, 0.29) is 5.78 Å². The van der Waals surface area contributed by atoms with Crippen LogP contribution in [0.5, 0.6) is 11.5 Å². The van der Waals surface area contributed by atoms with E-state index in [1.807, 2.05) is 37.3 Å². The number of hydrogen-bond acceptors (Lipinski definition) is 3. The summed E-state index contributed by atoms with van der Waals surface area (Å²) in [4.78, 5) is 12.6. The predicted molar refractivity (Wildman–Crippen MR) is 91.5 cm³/mol. The molecule has 0 bridgehead atoms. The number of fused-ring (bicyclic) bond motifs is 1. The zero-order chi connectivity index (χ0) is 16.6. The summed E-state index contributed by atoms with van der Waals surface area (Å²) in [6.07, 6.45) is 2.60. The van der Waals surface area contributed by atoms with Crippen molar-refractivity contribution in [1.82, 2.24) is 0 Å².